The van der Waals surface area contributed by atoms with E-state index in [1.54, 1.807) is 11.8 Å². The van der Waals surface area contributed by atoms with Crippen molar-refractivity contribution in [2.24, 2.45) is 4.99 Å². The Balaban J connectivity index is 1.79. The van der Waals surface area contributed by atoms with Crippen molar-refractivity contribution in [2.45, 2.75) is 30.2 Å². The topological polar surface area (TPSA) is 35.8 Å². The van der Waals surface area contributed by atoms with Crippen molar-refractivity contribution < 1.29 is 5.11 Å². The molecular formula is C18H18N2OS. The molecule has 112 valence electrons. The molecule has 2 aromatic carbocycles. The highest BCUT2D eigenvalue weighted by Gasteiger charge is 2.54. The Morgan fingerprint density at radius 2 is 1.73 bits per heavy atom. The van der Waals surface area contributed by atoms with Gasteiger partial charge in [0, 0.05) is 5.69 Å². The first-order valence-corrected chi connectivity index (χ1v) is 8.53. The minimum Gasteiger partial charge on any atom is -0.369 e. The van der Waals surface area contributed by atoms with Gasteiger partial charge in [-0.15, -0.1) is 0 Å². The van der Waals surface area contributed by atoms with Crippen LogP contribution < -0.4 is 4.90 Å². The van der Waals surface area contributed by atoms with Gasteiger partial charge in [-0.05, 0) is 43.5 Å². The highest BCUT2D eigenvalue weighted by atomic mass is 32.2. The molecule has 1 heterocycles. The molecule has 2 aliphatic rings. The zero-order valence-electron chi connectivity index (χ0n) is 12.2. The first kappa shape index (κ1) is 13.9. The second-order valence-electron chi connectivity index (χ2n) is 5.78. The second-order valence-corrected chi connectivity index (χ2v) is 6.95. The van der Waals surface area contributed by atoms with Crippen LogP contribution in [0.15, 0.2) is 65.7 Å². The smallest absolute Gasteiger partial charge is 0.171 e. The highest BCUT2D eigenvalue weighted by Crippen LogP contribution is 2.50. The van der Waals surface area contributed by atoms with Gasteiger partial charge in [-0.3, -0.25) is 4.90 Å². The molecule has 22 heavy (non-hydrogen) atoms. The Kier molecular flexibility index (Phi) is 3.43. The summed E-state index contributed by atoms with van der Waals surface area (Å²) in [7, 11) is 0. The van der Waals surface area contributed by atoms with E-state index in [1.807, 2.05) is 65.6 Å². The van der Waals surface area contributed by atoms with Gasteiger partial charge in [0.15, 0.2) is 10.9 Å². The number of fused-ring (bicyclic) bond motifs is 1. The summed E-state index contributed by atoms with van der Waals surface area (Å²) in [6.45, 7) is 0. The van der Waals surface area contributed by atoms with Crippen LogP contribution in [0.1, 0.15) is 19.3 Å². The normalized spacial score (nSPS) is 29.0. The van der Waals surface area contributed by atoms with E-state index in [0.29, 0.717) is 0 Å². The summed E-state index contributed by atoms with van der Waals surface area (Å²) in [5.41, 5.74) is 1.13. The van der Waals surface area contributed by atoms with E-state index in [1.165, 1.54) is 0 Å². The van der Waals surface area contributed by atoms with Crippen LogP contribution in [0.3, 0.4) is 0 Å². The maximum absolute atomic E-state index is 11.2. The Morgan fingerprint density at radius 3 is 2.45 bits per heavy atom. The van der Waals surface area contributed by atoms with E-state index in [-0.39, 0.29) is 5.25 Å². The number of benzene rings is 2. The summed E-state index contributed by atoms with van der Waals surface area (Å²) in [4.78, 5) is 6.82. The molecule has 1 aliphatic carbocycles. The number of thioether (sulfide) groups is 1. The Hall–Kier alpha value is -1.78. The van der Waals surface area contributed by atoms with Crippen LogP contribution in [0.4, 0.5) is 11.4 Å². The second kappa shape index (κ2) is 5.45. The maximum Gasteiger partial charge on any atom is 0.171 e. The summed E-state index contributed by atoms with van der Waals surface area (Å²) in [6, 6.07) is 20.0. The third kappa shape index (κ3) is 2.23. The number of hydrogen-bond acceptors (Lipinski definition) is 3. The lowest BCUT2D eigenvalue weighted by atomic mass is 10.1. The average molecular weight is 310 g/mol. The van der Waals surface area contributed by atoms with Gasteiger partial charge in [0.1, 0.15) is 0 Å². The lowest BCUT2D eigenvalue weighted by Crippen LogP contribution is -2.48. The van der Waals surface area contributed by atoms with Crippen LogP contribution >= 0.6 is 11.8 Å². The number of aliphatic hydroxyl groups is 1. The fraction of sp³-hybridized carbons (Fsp3) is 0.278. The number of anilines is 1. The van der Waals surface area contributed by atoms with Crippen molar-refractivity contribution in [2.75, 3.05) is 4.90 Å². The molecule has 3 nitrogen and oxygen atoms in total. The lowest BCUT2D eigenvalue weighted by molar-refractivity contribution is 0.0671. The molecule has 0 spiro atoms. The highest BCUT2D eigenvalue weighted by molar-refractivity contribution is 8.15. The molecule has 2 fully saturated rings. The molecule has 2 aromatic rings. The molecule has 0 radical (unpaired) electrons. The van der Waals surface area contributed by atoms with Gasteiger partial charge >= 0.3 is 0 Å². The van der Waals surface area contributed by atoms with Gasteiger partial charge in [-0.2, -0.15) is 0 Å². The third-order valence-electron chi connectivity index (χ3n) is 4.35. The number of nitrogens with zero attached hydrogens (tertiary/aromatic N) is 2. The van der Waals surface area contributed by atoms with Crippen LogP contribution in [-0.2, 0) is 0 Å². The molecule has 2 atom stereocenters. The Labute approximate surface area is 134 Å². The predicted molar refractivity (Wildman–Crippen MR) is 92.6 cm³/mol. The van der Waals surface area contributed by atoms with E-state index >= 15 is 0 Å². The van der Waals surface area contributed by atoms with E-state index in [2.05, 4.69) is 0 Å². The van der Waals surface area contributed by atoms with E-state index in [4.69, 9.17) is 4.99 Å². The fourth-order valence-electron chi connectivity index (χ4n) is 3.29. The van der Waals surface area contributed by atoms with Crippen LogP contribution in [0.5, 0.6) is 0 Å². The predicted octanol–water partition coefficient (Wildman–Crippen LogP) is 4.17. The maximum atomic E-state index is 11.2. The van der Waals surface area contributed by atoms with Gasteiger partial charge in [0.2, 0.25) is 0 Å². The average Bonchev–Trinajstić information content (AvgIpc) is 3.02. The van der Waals surface area contributed by atoms with Crippen LogP contribution in [0.2, 0.25) is 0 Å². The number of para-hydroxylation sites is 2. The van der Waals surface area contributed by atoms with Crippen LogP contribution in [-0.4, -0.2) is 21.2 Å². The number of aliphatic imine (C=N–C) groups is 1. The lowest BCUT2D eigenvalue weighted by Gasteiger charge is -2.33. The summed E-state index contributed by atoms with van der Waals surface area (Å²) < 4.78 is 0. The van der Waals surface area contributed by atoms with Gasteiger partial charge in [-0.1, -0.05) is 48.2 Å². The third-order valence-corrected chi connectivity index (χ3v) is 5.73. The molecule has 0 bridgehead atoms. The monoisotopic (exact) mass is 310 g/mol. The molecule has 1 N–H and O–H groups in total. The molecule has 0 amide bonds. The summed E-state index contributed by atoms with van der Waals surface area (Å²) in [6.07, 6.45) is 2.90. The van der Waals surface area contributed by atoms with Gasteiger partial charge in [0.05, 0.1) is 10.9 Å². The first-order valence-electron chi connectivity index (χ1n) is 7.65. The van der Waals surface area contributed by atoms with Crippen molar-refractivity contribution in [3.8, 4) is 0 Å². The van der Waals surface area contributed by atoms with Crippen LogP contribution in [0, 0.1) is 0 Å². The number of amidine groups is 1. The Bertz CT molecular complexity index is 689. The van der Waals surface area contributed by atoms with Gasteiger partial charge < -0.3 is 5.11 Å². The van der Waals surface area contributed by atoms with E-state index in [0.717, 1.165) is 35.8 Å². The molecule has 0 aromatic heterocycles. The molecule has 2 unspecified atom stereocenters. The minimum atomic E-state index is -0.806. The van der Waals surface area contributed by atoms with Gasteiger partial charge in [0.25, 0.3) is 0 Å². The molecule has 1 aliphatic heterocycles. The van der Waals surface area contributed by atoms with Crippen molar-refractivity contribution in [1.29, 1.82) is 0 Å². The number of hydrogen-bond donors (Lipinski definition) is 1. The molecule has 1 saturated carbocycles. The zero-order valence-corrected chi connectivity index (χ0v) is 13.0. The summed E-state index contributed by atoms with van der Waals surface area (Å²) in [5, 5.41) is 12.3. The number of rotatable bonds is 2. The van der Waals surface area contributed by atoms with E-state index in [9.17, 15) is 5.11 Å². The zero-order chi connectivity index (χ0) is 15.0. The first-order chi connectivity index (χ1) is 10.8. The standard InChI is InChI=1S/C18H18N2OS/c21-18-13-7-12-16(18)22-17(19-14-8-3-1-4-9-14)20(18)15-10-5-2-6-11-15/h1-6,8-11,16,21H,7,12-13H2. The SMILES string of the molecule is OC12CCCC1SC(=Nc1ccccc1)N2c1ccccc1. The fourth-order valence-corrected chi connectivity index (χ4v) is 4.77. The van der Waals surface area contributed by atoms with Crippen molar-refractivity contribution >= 4 is 28.3 Å². The largest absolute Gasteiger partial charge is 0.369 e. The summed E-state index contributed by atoms with van der Waals surface area (Å²) >= 11 is 1.70. The van der Waals surface area contributed by atoms with Gasteiger partial charge in [-0.25, -0.2) is 4.99 Å². The molecule has 4 heteroatoms. The van der Waals surface area contributed by atoms with E-state index < -0.39 is 5.72 Å². The van der Waals surface area contributed by atoms with Crippen molar-refractivity contribution in [3.05, 3.63) is 60.7 Å². The molecule has 4 rings (SSSR count). The summed E-state index contributed by atoms with van der Waals surface area (Å²) in [5.74, 6) is 0. The molecule has 1 saturated heterocycles. The molecular weight excluding hydrogens is 292 g/mol. The quantitative estimate of drug-likeness (QED) is 0.904. The van der Waals surface area contributed by atoms with Crippen LogP contribution in [0.25, 0.3) is 0 Å². The minimum absolute atomic E-state index is 0.204. The Morgan fingerprint density at radius 1 is 1.05 bits per heavy atom. The van der Waals surface area contributed by atoms with Crippen molar-refractivity contribution in [3.63, 3.8) is 0 Å². The van der Waals surface area contributed by atoms with Crippen molar-refractivity contribution in [1.82, 2.24) is 0 Å².